The summed E-state index contributed by atoms with van der Waals surface area (Å²) in [5, 5.41) is 7.29. The Balaban J connectivity index is 1.43. The van der Waals surface area contributed by atoms with Gasteiger partial charge in [0.1, 0.15) is 0 Å². The second-order valence-electron chi connectivity index (χ2n) is 7.64. The molecular formula is C20H24N2O3S2. The zero-order valence-corrected chi connectivity index (χ0v) is 16.7. The summed E-state index contributed by atoms with van der Waals surface area (Å²) in [7, 11) is -3.50. The summed E-state index contributed by atoms with van der Waals surface area (Å²) in [6.45, 7) is 1.23. The van der Waals surface area contributed by atoms with Gasteiger partial charge in [0.15, 0.2) is 0 Å². The molecule has 2 heterocycles. The molecule has 2 fully saturated rings. The van der Waals surface area contributed by atoms with E-state index < -0.39 is 10.0 Å². The number of carbonyl (C=O) groups is 1. The van der Waals surface area contributed by atoms with E-state index in [2.05, 4.69) is 23.6 Å². The van der Waals surface area contributed by atoms with Crippen LogP contribution in [0.3, 0.4) is 0 Å². The van der Waals surface area contributed by atoms with E-state index in [1.807, 2.05) is 23.1 Å². The quantitative estimate of drug-likeness (QED) is 0.832. The van der Waals surface area contributed by atoms with Crippen LogP contribution in [0.5, 0.6) is 0 Å². The Morgan fingerprint density at radius 1 is 1.22 bits per heavy atom. The number of thiophene rings is 1. The van der Waals surface area contributed by atoms with Gasteiger partial charge in [0.2, 0.25) is 15.9 Å². The number of sulfonamides is 1. The summed E-state index contributed by atoms with van der Waals surface area (Å²) in [5.74, 6) is 0.405. The maximum Gasteiger partial charge on any atom is 0.226 e. The van der Waals surface area contributed by atoms with Crippen LogP contribution in [0.2, 0.25) is 0 Å². The summed E-state index contributed by atoms with van der Waals surface area (Å²) in [6, 6.07) is 12.4. The van der Waals surface area contributed by atoms with Crippen LogP contribution >= 0.6 is 11.3 Å². The number of carbonyl (C=O) groups excluding carboxylic acids is 1. The van der Waals surface area contributed by atoms with Crippen molar-refractivity contribution >= 4 is 27.3 Å². The molecule has 0 unspecified atom stereocenters. The van der Waals surface area contributed by atoms with Gasteiger partial charge in [0, 0.05) is 29.8 Å². The van der Waals surface area contributed by atoms with Crippen LogP contribution in [-0.4, -0.2) is 38.1 Å². The first-order chi connectivity index (χ1) is 12.9. The lowest BCUT2D eigenvalue weighted by Crippen LogP contribution is -2.43. The zero-order valence-electron chi connectivity index (χ0n) is 15.1. The van der Waals surface area contributed by atoms with Gasteiger partial charge in [0.05, 0.1) is 5.75 Å². The molecular weight excluding hydrogens is 380 g/mol. The molecule has 2 aliphatic rings. The number of hydrogen-bond acceptors (Lipinski definition) is 4. The molecule has 144 valence electrons. The van der Waals surface area contributed by atoms with Crippen molar-refractivity contribution in [3.63, 3.8) is 0 Å². The Morgan fingerprint density at radius 3 is 2.74 bits per heavy atom. The van der Waals surface area contributed by atoms with Gasteiger partial charge in [-0.25, -0.2) is 13.6 Å². The topological polar surface area (TPSA) is 80.5 Å². The molecule has 1 aliphatic carbocycles. The second-order valence-corrected chi connectivity index (χ2v) is 10.2. The largest absolute Gasteiger partial charge is 0.342 e. The van der Waals surface area contributed by atoms with Crippen molar-refractivity contribution in [2.24, 2.45) is 17.0 Å². The molecule has 0 bridgehead atoms. The molecule has 7 heteroatoms. The number of amides is 1. The van der Waals surface area contributed by atoms with Gasteiger partial charge in [0.25, 0.3) is 0 Å². The molecule has 3 atom stereocenters. The number of rotatable bonds is 5. The van der Waals surface area contributed by atoms with Crippen LogP contribution in [0.4, 0.5) is 0 Å². The third-order valence-electron chi connectivity index (χ3n) is 5.52. The molecule has 1 amide bonds. The van der Waals surface area contributed by atoms with Crippen LogP contribution in [0, 0.1) is 11.8 Å². The number of primary sulfonamides is 1. The van der Waals surface area contributed by atoms with Crippen molar-refractivity contribution in [3.05, 3.63) is 46.7 Å². The molecule has 4 rings (SSSR count). The molecule has 27 heavy (non-hydrogen) atoms. The molecule has 2 N–H and O–H groups in total. The zero-order chi connectivity index (χ0) is 19.0. The summed E-state index contributed by atoms with van der Waals surface area (Å²) in [6.07, 6.45) is 2.55. The Hall–Kier alpha value is -1.70. The minimum atomic E-state index is -3.50. The van der Waals surface area contributed by atoms with Crippen LogP contribution < -0.4 is 5.14 Å². The molecule has 1 aromatic carbocycles. The van der Waals surface area contributed by atoms with Crippen molar-refractivity contribution in [2.75, 3.05) is 18.8 Å². The van der Waals surface area contributed by atoms with Gasteiger partial charge in [-0.2, -0.15) is 0 Å². The predicted molar refractivity (Wildman–Crippen MR) is 108 cm³/mol. The minimum Gasteiger partial charge on any atom is -0.342 e. The molecule has 2 aromatic rings. The first-order valence-corrected chi connectivity index (χ1v) is 11.9. The summed E-state index contributed by atoms with van der Waals surface area (Å²) >= 11 is 1.72. The predicted octanol–water partition coefficient (Wildman–Crippen LogP) is 3.05. The third kappa shape index (κ3) is 4.25. The standard InChI is InChI=1S/C20H24N2O3S2/c21-27(24,25)13-14-5-4-9-22(12-14)20(23)18-11-17(18)19-16(8-10-26-19)15-6-2-1-3-7-15/h1-3,6-8,10,14,17-18H,4-5,9,11-13H2,(H2,21,24,25)/t14-,17+,18+/m0/s1. The van der Waals surface area contributed by atoms with E-state index in [1.54, 1.807) is 11.3 Å². The molecule has 0 radical (unpaired) electrons. The maximum atomic E-state index is 13.0. The van der Waals surface area contributed by atoms with Crippen LogP contribution in [0.25, 0.3) is 11.1 Å². The van der Waals surface area contributed by atoms with Gasteiger partial charge < -0.3 is 4.90 Å². The average Bonchev–Trinajstić information content (AvgIpc) is 3.28. The van der Waals surface area contributed by atoms with E-state index in [1.165, 1.54) is 16.0 Å². The monoisotopic (exact) mass is 404 g/mol. The smallest absolute Gasteiger partial charge is 0.226 e. The van der Waals surface area contributed by atoms with Gasteiger partial charge in [-0.05, 0) is 47.8 Å². The summed E-state index contributed by atoms with van der Waals surface area (Å²) in [4.78, 5) is 16.1. The summed E-state index contributed by atoms with van der Waals surface area (Å²) in [5.41, 5.74) is 2.42. The van der Waals surface area contributed by atoms with E-state index in [9.17, 15) is 13.2 Å². The lowest BCUT2D eigenvalue weighted by atomic mass is 9.99. The second kappa shape index (κ2) is 7.37. The minimum absolute atomic E-state index is 0.0272. The van der Waals surface area contributed by atoms with E-state index in [0.29, 0.717) is 6.54 Å². The number of nitrogens with zero attached hydrogens (tertiary/aromatic N) is 1. The Bertz CT molecular complexity index is 924. The molecule has 1 saturated carbocycles. The van der Waals surface area contributed by atoms with E-state index in [0.717, 1.165) is 25.8 Å². The Kier molecular flexibility index (Phi) is 5.09. The van der Waals surface area contributed by atoms with E-state index in [-0.39, 0.29) is 29.4 Å². The molecule has 1 saturated heterocycles. The van der Waals surface area contributed by atoms with E-state index >= 15 is 0 Å². The lowest BCUT2D eigenvalue weighted by Gasteiger charge is -2.32. The maximum absolute atomic E-state index is 13.0. The van der Waals surface area contributed by atoms with Gasteiger partial charge in [-0.3, -0.25) is 4.79 Å². The fourth-order valence-corrected chi connectivity index (χ4v) is 6.21. The fraction of sp³-hybridized carbons (Fsp3) is 0.450. The number of benzene rings is 1. The van der Waals surface area contributed by atoms with Gasteiger partial charge in [-0.15, -0.1) is 11.3 Å². The Labute approximate surface area is 164 Å². The van der Waals surface area contributed by atoms with Crippen molar-refractivity contribution in [3.8, 4) is 11.1 Å². The first kappa shape index (κ1) is 18.7. The normalized spacial score (nSPS) is 25.4. The average molecular weight is 405 g/mol. The highest BCUT2D eigenvalue weighted by Gasteiger charge is 2.47. The van der Waals surface area contributed by atoms with Gasteiger partial charge in [-0.1, -0.05) is 30.3 Å². The van der Waals surface area contributed by atoms with E-state index in [4.69, 9.17) is 5.14 Å². The van der Waals surface area contributed by atoms with Crippen molar-refractivity contribution in [1.82, 2.24) is 4.90 Å². The number of hydrogen-bond donors (Lipinski definition) is 1. The fourth-order valence-electron chi connectivity index (χ4n) is 4.19. The molecule has 1 aliphatic heterocycles. The van der Waals surface area contributed by atoms with Crippen LogP contribution in [-0.2, 0) is 14.8 Å². The molecule has 0 spiro atoms. The first-order valence-electron chi connectivity index (χ1n) is 9.34. The molecule has 1 aromatic heterocycles. The number of nitrogens with two attached hydrogens (primary N) is 1. The Morgan fingerprint density at radius 2 is 2.00 bits per heavy atom. The van der Waals surface area contributed by atoms with Crippen molar-refractivity contribution < 1.29 is 13.2 Å². The highest BCUT2D eigenvalue weighted by Crippen LogP contribution is 2.53. The highest BCUT2D eigenvalue weighted by molar-refractivity contribution is 7.89. The molecule has 5 nitrogen and oxygen atoms in total. The lowest BCUT2D eigenvalue weighted by molar-refractivity contribution is -0.134. The number of piperidine rings is 1. The number of likely N-dealkylation sites (tertiary alicyclic amines) is 1. The third-order valence-corrected chi connectivity index (χ3v) is 7.51. The van der Waals surface area contributed by atoms with Crippen LogP contribution in [0.1, 0.15) is 30.1 Å². The summed E-state index contributed by atoms with van der Waals surface area (Å²) < 4.78 is 22.8. The van der Waals surface area contributed by atoms with Crippen molar-refractivity contribution in [2.45, 2.75) is 25.2 Å². The van der Waals surface area contributed by atoms with Crippen LogP contribution in [0.15, 0.2) is 41.8 Å². The van der Waals surface area contributed by atoms with Gasteiger partial charge >= 0.3 is 0 Å². The SMILES string of the molecule is NS(=O)(=O)C[C@H]1CCCN(C(=O)[C@@H]2C[C@H]2c2sccc2-c2ccccc2)C1. The van der Waals surface area contributed by atoms with Crippen molar-refractivity contribution in [1.29, 1.82) is 0 Å². The highest BCUT2D eigenvalue weighted by atomic mass is 32.2.